The van der Waals surface area contributed by atoms with Crippen molar-refractivity contribution in [1.29, 1.82) is 0 Å². The van der Waals surface area contributed by atoms with Crippen LogP contribution in [0.1, 0.15) is 17.3 Å². The van der Waals surface area contributed by atoms with E-state index in [2.05, 4.69) is 16.6 Å². The smallest absolute Gasteiger partial charge is 0.337 e. The van der Waals surface area contributed by atoms with Gasteiger partial charge in [0.05, 0.1) is 19.3 Å². The second-order valence-corrected chi connectivity index (χ2v) is 3.38. The van der Waals surface area contributed by atoms with Crippen LogP contribution in [0.5, 0.6) is 0 Å². The van der Waals surface area contributed by atoms with Crippen LogP contribution < -0.4 is 5.32 Å². The summed E-state index contributed by atoms with van der Waals surface area (Å²) in [6, 6.07) is 6.41. The van der Waals surface area contributed by atoms with E-state index in [1.54, 1.807) is 25.1 Å². The van der Waals surface area contributed by atoms with Crippen molar-refractivity contribution in [2.75, 3.05) is 19.0 Å². The van der Waals surface area contributed by atoms with Gasteiger partial charge in [-0.3, -0.25) is 4.79 Å². The maximum absolute atomic E-state index is 11.6. The summed E-state index contributed by atoms with van der Waals surface area (Å²) in [5.74, 6) is -0.880. The molecule has 0 fully saturated rings. The average Bonchev–Trinajstić information content (AvgIpc) is 2.38. The molecule has 0 aliphatic heterocycles. The van der Waals surface area contributed by atoms with Crippen molar-refractivity contribution in [3.63, 3.8) is 0 Å². The van der Waals surface area contributed by atoms with Crippen LogP contribution in [0.3, 0.4) is 0 Å². The van der Waals surface area contributed by atoms with E-state index >= 15 is 0 Å². The molecule has 0 aromatic heterocycles. The van der Waals surface area contributed by atoms with Gasteiger partial charge in [-0.25, -0.2) is 4.79 Å². The molecular weight excluding hydrogens is 234 g/mol. The lowest BCUT2D eigenvalue weighted by molar-refractivity contribution is -0.116. The molecule has 0 unspecified atom stereocenters. The predicted molar refractivity (Wildman–Crippen MR) is 67.2 cm³/mol. The van der Waals surface area contributed by atoms with Crippen LogP contribution in [-0.4, -0.2) is 25.6 Å². The number of rotatable bonds is 5. The number of carbonyl (C=O) groups is 2. The normalized spacial score (nSPS) is 9.44. The van der Waals surface area contributed by atoms with E-state index in [0.717, 1.165) is 0 Å². The Morgan fingerprint density at radius 3 is 2.72 bits per heavy atom. The number of nitrogens with one attached hydrogen (secondary N) is 1. The van der Waals surface area contributed by atoms with Crippen molar-refractivity contribution >= 4 is 17.6 Å². The molecule has 0 bridgehead atoms. The van der Waals surface area contributed by atoms with Crippen molar-refractivity contribution in [2.45, 2.75) is 6.92 Å². The summed E-state index contributed by atoms with van der Waals surface area (Å²) in [4.78, 5) is 22.9. The van der Waals surface area contributed by atoms with E-state index in [4.69, 9.17) is 4.74 Å². The van der Waals surface area contributed by atoms with Crippen LogP contribution in [0.15, 0.2) is 36.6 Å². The molecule has 0 saturated heterocycles. The van der Waals surface area contributed by atoms with Gasteiger partial charge in [-0.15, -0.1) is 0 Å². The van der Waals surface area contributed by atoms with E-state index in [9.17, 15) is 9.59 Å². The first-order valence-corrected chi connectivity index (χ1v) is 5.40. The van der Waals surface area contributed by atoms with Crippen molar-refractivity contribution < 1.29 is 19.1 Å². The van der Waals surface area contributed by atoms with Crippen LogP contribution in [0, 0.1) is 0 Å². The van der Waals surface area contributed by atoms with Crippen LogP contribution >= 0.6 is 0 Å². The van der Waals surface area contributed by atoms with E-state index in [0.29, 0.717) is 17.9 Å². The molecule has 18 heavy (non-hydrogen) atoms. The quantitative estimate of drug-likeness (QED) is 0.492. The molecule has 1 amide bonds. The second kappa shape index (κ2) is 6.44. The Bertz CT molecular complexity index is 468. The van der Waals surface area contributed by atoms with Crippen molar-refractivity contribution in [3.05, 3.63) is 42.2 Å². The van der Waals surface area contributed by atoms with Gasteiger partial charge in [-0.05, 0) is 25.1 Å². The first kappa shape index (κ1) is 13.8. The van der Waals surface area contributed by atoms with Gasteiger partial charge in [0.15, 0.2) is 5.76 Å². The largest absolute Gasteiger partial charge is 0.489 e. The van der Waals surface area contributed by atoms with Gasteiger partial charge in [-0.2, -0.15) is 0 Å². The minimum Gasteiger partial charge on any atom is -0.489 e. The minimum atomic E-state index is -0.463. The maximum atomic E-state index is 11.6. The molecular formula is C13H15NO4. The van der Waals surface area contributed by atoms with Crippen LogP contribution in [0.25, 0.3) is 0 Å². The molecule has 5 heteroatoms. The van der Waals surface area contributed by atoms with Gasteiger partial charge in [0.2, 0.25) is 0 Å². The molecule has 1 rings (SSSR count). The fourth-order valence-electron chi connectivity index (χ4n) is 1.28. The summed E-state index contributed by atoms with van der Waals surface area (Å²) in [5, 5.41) is 2.57. The topological polar surface area (TPSA) is 64.6 Å². The number of methoxy groups -OCH3 is 1. The van der Waals surface area contributed by atoms with E-state index in [1.807, 2.05) is 0 Å². The van der Waals surface area contributed by atoms with Gasteiger partial charge < -0.3 is 14.8 Å². The fourth-order valence-corrected chi connectivity index (χ4v) is 1.28. The number of carbonyl (C=O) groups excluding carboxylic acids is 2. The number of amides is 1. The van der Waals surface area contributed by atoms with Crippen molar-refractivity contribution in [2.24, 2.45) is 0 Å². The first-order valence-electron chi connectivity index (χ1n) is 5.40. The number of esters is 1. The number of ether oxygens (including phenoxy) is 2. The fraction of sp³-hybridized carbons (Fsp3) is 0.231. The molecule has 1 N–H and O–H groups in total. The van der Waals surface area contributed by atoms with Crippen molar-refractivity contribution in [3.8, 4) is 0 Å². The molecule has 0 aliphatic rings. The number of anilines is 1. The zero-order valence-corrected chi connectivity index (χ0v) is 10.4. The monoisotopic (exact) mass is 249 g/mol. The Morgan fingerprint density at radius 2 is 2.11 bits per heavy atom. The molecule has 0 aliphatic carbocycles. The summed E-state index contributed by atoms with van der Waals surface area (Å²) >= 11 is 0. The summed E-state index contributed by atoms with van der Waals surface area (Å²) in [6.07, 6.45) is 0. The predicted octanol–water partition coefficient (Wildman–Crippen LogP) is 1.96. The highest BCUT2D eigenvalue weighted by Crippen LogP contribution is 2.12. The highest BCUT2D eigenvalue weighted by atomic mass is 16.5. The molecule has 0 radical (unpaired) electrons. The molecule has 0 atom stereocenters. The Labute approximate surface area is 105 Å². The number of hydrogen-bond acceptors (Lipinski definition) is 4. The second-order valence-electron chi connectivity index (χ2n) is 3.38. The summed E-state index contributed by atoms with van der Waals surface area (Å²) in [7, 11) is 1.30. The third-order valence-corrected chi connectivity index (χ3v) is 2.11. The highest BCUT2D eigenvalue weighted by molar-refractivity contribution is 6.02. The van der Waals surface area contributed by atoms with Gasteiger partial charge in [0.1, 0.15) is 0 Å². The zero-order chi connectivity index (χ0) is 13.5. The third-order valence-electron chi connectivity index (χ3n) is 2.11. The van der Waals surface area contributed by atoms with Gasteiger partial charge in [0, 0.05) is 5.69 Å². The van der Waals surface area contributed by atoms with E-state index in [-0.39, 0.29) is 5.76 Å². The van der Waals surface area contributed by atoms with Crippen LogP contribution in [-0.2, 0) is 14.3 Å². The summed E-state index contributed by atoms with van der Waals surface area (Å²) < 4.78 is 9.56. The highest BCUT2D eigenvalue weighted by Gasteiger charge is 2.10. The maximum Gasteiger partial charge on any atom is 0.337 e. The van der Waals surface area contributed by atoms with Crippen LogP contribution in [0.2, 0.25) is 0 Å². The Hall–Kier alpha value is -2.30. The molecule has 0 spiro atoms. The summed E-state index contributed by atoms with van der Waals surface area (Å²) in [5.41, 5.74) is 0.834. The lowest BCUT2D eigenvalue weighted by Crippen LogP contribution is -2.16. The van der Waals surface area contributed by atoms with Gasteiger partial charge >= 0.3 is 5.97 Å². The Kier molecular flexibility index (Phi) is 4.92. The standard InChI is InChI=1S/C13H15NO4/c1-4-18-9(2)12(15)14-11-7-5-6-10(8-11)13(16)17-3/h5-8H,2,4H2,1,3H3,(H,14,15). The van der Waals surface area contributed by atoms with Crippen molar-refractivity contribution in [1.82, 2.24) is 0 Å². The molecule has 0 saturated carbocycles. The molecule has 1 aromatic rings. The van der Waals surface area contributed by atoms with Gasteiger partial charge in [-0.1, -0.05) is 12.6 Å². The summed E-state index contributed by atoms with van der Waals surface area (Å²) in [6.45, 7) is 5.62. The molecule has 5 nitrogen and oxygen atoms in total. The molecule has 1 aromatic carbocycles. The first-order chi connectivity index (χ1) is 8.58. The average molecular weight is 249 g/mol. The lowest BCUT2D eigenvalue weighted by atomic mass is 10.2. The van der Waals surface area contributed by atoms with E-state index in [1.165, 1.54) is 13.2 Å². The molecule has 96 valence electrons. The number of benzene rings is 1. The van der Waals surface area contributed by atoms with Gasteiger partial charge in [0.25, 0.3) is 5.91 Å². The Balaban J connectivity index is 2.76. The lowest BCUT2D eigenvalue weighted by Gasteiger charge is -2.08. The van der Waals surface area contributed by atoms with Crippen LogP contribution in [0.4, 0.5) is 5.69 Å². The SMILES string of the molecule is C=C(OCC)C(=O)Nc1cccc(C(=O)OC)c1. The Morgan fingerprint density at radius 1 is 1.39 bits per heavy atom. The third kappa shape index (κ3) is 3.62. The van der Waals surface area contributed by atoms with E-state index < -0.39 is 11.9 Å². The zero-order valence-electron chi connectivity index (χ0n) is 10.4. The minimum absolute atomic E-state index is 0.0287. The molecule has 0 heterocycles. The number of hydrogen-bond donors (Lipinski definition) is 1.